The van der Waals surface area contributed by atoms with Crippen molar-refractivity contribution in [3.63, 3.8) is 0 Å². The molecule has 0 heterocycles. The van der Waals surface area contributed by atoms with Gasteiger partial charge in [-0.1, -0.05) is 6.58 Å². The van der Waals surface area contributed by atoms with E-state index in [0.717, 1.165) is 10.6 Å². The van der Waals surface area contributed by atoms with Gasteiger partial charge >= 0.3 is 0 Å². The molecular weight excluding hydrogens is 210 g/mol. The molecule has 0 saturated carbocycles. The zero-order chi connectivity index (χ0) is 11.7. The second-order valence-corrected chi connectivity index (χ2v) is 3.57. The fourth-order valence-corrected chi connectivity index (χ4v) is 1.75. The van der Waals surface area contributed by atoms with Crippen LogP contribution in [0.25, 0.3) is 0 Å². The SMILES string of the molecule is C=C=C(/C(=N/COC)SC)C(C)OCC. The van der Waals surface area contributed by atoms with E-state index in [4.69, 9.17) is 9.47 Å². The molecule has 0 N–H and O–H groups in total. The van der Waals surface area contributed by atoms with Crippen molar-refractivity contribution < 1.29 is 9.47 Å². The van der Waals surface area contributed by atoms with Gasteiger partial charge in [-0.2, -0.15) is 0 Å². The van der Waals surface area contributed by atoms with Gasteiger partial charge in [-0.15, -0.1) is 17.5 Å². The lowest BCUT2D eigenvalue weighted by molar-refractivity contribution is 0.105. The third-order valence-corrected chi connectivity index (χ3v) is 2.51. The third-order valence-electron chi connectivity index (χ3n) is 1.77. The molecule has 0 spiro atoms. The number of aliphatic imine (C=N–C) groups is 1. The van der Waals surface area contributed by atoms with Crippen LogP contribution in [0, 0.1) is 0 Å². The Kier molecular flexibility index (Phi) is 8.43. The fourth-order valence-electron chi connectivity index (χ4n) is 1.11. The predicted octanol–water partition coefficient (Wildman–Crippen LogP) is 2.49. The molecule has 0 saturated heterocycles. The van der Waals surface area contributed by atoms with E-state index in [1.165, 1.54) is 0 Å². The molecule has 0 aliphatic rings. The first-order valence-corrected chi connectivity index (χ1v) is 6.02. The Hall–Kier alpha value is -0.540. The molecule has 0 fully saturated rings. The summed E-state index contributed by atoms with van der Waals surface area (Å²) < 4.78 is 10.4. The van der Waals surface area contributed by atoms with E-state index in [-0.39, 0.29) is 6.10 Å². The minimum atomic E-state index is -0.0319. The lowest BCUT2D eigenvalue weighted by Crippen LogP contribution is -2.16. The summed E-state index contributed by atoms with van der Waals surface area (Å²) in [6, 6.07) is 0. The smallest absolute Gasteiger partial charge is 0.138 e. The van der Waals surface area contributed by atoms with Crippen LogP contribution in [0.1, 0.15) is 13.8 Å². The first kappa shape index (κ1) is 14.5. The van der Waals surface area contributed by atoms with E-state index in [2.05, 4.69) is 17.3 Å². The standard InChI is InChI=1S/C11H19NO2S/c1-6-10(9(3)14-7-2)11(15-5)12-8-13-4/h9H,1,7-8H2,2-5H3/b12-11-. The van der Waals surface area contributed by atoms with Crippen LogP contribution >= 0.6 is 11.8 Å². The second kappa shape index (κ2) is 8.74. The summed E-state index contributed by atoms with van der Waals surface area (Å²) in [5.74, 6) is 0. The van der Waals surface area contributed by atoms with Gasteiger partial charge in [-0.05, 0) is 20.1 Å². The van der Waals surface area contributed by atoms with E-state index >= 15 is 0 Å². The van der Waals surface area contributed by atoms with Crippen LogP contribution < -0.4 is 0 Å². The molecule has 86 valence electrons. The van der Waals surface area contributed by atoms with Gasteiger partial charge in [0, 0.05) is 13.7 Å². The largest absolute Gasteiger partial charge is 0.373 e. The number of ether oxygens (including phenoxy) is 2. The molecule has 0 aromatic rings. The molecule has 0 amide bonds. The summed E-state index contributed by atoms with van der Waals surface area (Å²) in [5, 5.41) is 0.868. The highest BCUT2D eigenvalue weighted by atomic mass is 32.2. The van der Waals surface area contributed by atoms with Gasteiger partial charge in [0.1, 0.15) is 11.8 Å². The van der Waals surface area contributed by atoms with Crippen LogP contribution in [-0.2, 0) is 9.47 Å². The molecule has 1 unspecified atom stereocenters. The molecule has 0 radical (unpaired) electrons. The van der Waals surface area contributed by atoms with Crippen LogP contribution in [0.5, 0.6) is 0 Å². The second-order valence-electron chi connectivity index (χ2n) is 2.77. The zero-order valence-electron chi connectivity index (χ0n) is 9.87. The quantitative estimate of drug-likeness (QED) is 0.398. The summed E-state index contributed by atoms with van der Waals surface area (Å²) in [5.41, 5.74) is 3.77. The Morgan fingerprint density at radius 2 is 2.27 bits per heavy atom. The maximum absolute atomic E-state index is 5.48. The van der Waals surface area contributed by atoms with E-state index in [1.807, 2.05) is 20.1 Å². The van der Waals surface area contributed by atoms with Gasteiger partial charge in [0.2, 0.25) is 0 Å². The van der Waals surface area contributed by atoms with Gasteiger partial charge in [0.25, 0.3) is 0 Å². The molecule has 0 aliphatic heterocycles. The third kappa shape index (κ3) is 5.19. The number of thioether (sulfide) groups is 1. The van der Waals surface area contributed by atoms with Crippen molar-refractivity contribution in [1.82, 2.24) is 0 Å². The molecule has 0 rings (SSSR count). The van der Waals surface area contributed by atoms with Crippen LogP contribution in [-0.4, -0.2) is 37.9 Å². The maximum atomic E-state index is 5.48. The number of hydrogen-bond donors (Lipinski definition) is 0. The fraction of sp³-hybridized carbons (Fsp3) is 0.636. The van der Waals surface area contributed by atoms with Gasteiger partial charge in [0.15, 0.2) is 0 Å². The molecule has 0 bridgehead atoms. The molecule has 1 atom stereocenters. The Balaban J connectivity index is 4.70. The van der Waals surface area contributed by atoms with Gasteiger partial charge < -0.3 is 9.47 Å². The van der Waals surface area contributed by atoms with E-state index < -0.39 is 0 Å². The predicted molar refractivity (Wildman–Crippen MR) is 66.6 cm³/mol. The number of methoxy groups -OCH3 is 1. The minimum Gasteiger partial charge on any atom is -0.373 e. The monoisotopic (exact) mass is 229 g/mol. The summed E-state index contributed by atoms with van der Waals surface area (Å²) in [6.45, 7) is 8.61. The molecule has 3 nitrogen and oxygen atoms in total. The van der Waals surface area contributed by atoms with Crippen molar-refractivity contribution in [1.29, 1.82) is 0 Å². The summed E-state index contributed by atoms with van der Waals surface area (Å²) in [4.78, 5) is 4.27. The van der Waals surface area contributed by atoms with E-state index in [9.17, 15) is 0 Å². The topological polar surface area (TPSA) is 30.8 Å². The number of nitrogens with zero attached hydrogens (tertiary/aromatic N) is 1. The van der Waals surface area contributed by atoms with Crippen molar-refractivity contribution in [2.75, 3.05) is 26.7 Å². The minimum absolute atomic E-state index is 0.0319. The van der Waals surface area contributed by atoms with Gasteiger partial charge in [-0.3, -0.25) is 0 Å². The average molecular weight is 229 g/mol. The normalized spacial score (nSPS) is 13.5. The van der Waals surface area contributed by atoms with Crippen LogP contribution in [0.2, 0.25) is 0 Å². The summed E-state index contributed by atoms with van der Waals surface area (Å²) in [6.07, 6.45) is 1.93. The Morgan fingerprint density at radius 1 is 1.60 bits per heavy atom. The Morgan fingerprint density at radius 3 is 2.67 bits per heavy atom. The number of rotatable bonds is 6. The van der Waals surface area contributed by atoms with Crippen molar-refractivity contribution >= 4 is 16.8 Å². The van der Waals surface area contributed by atoms with Crippen LogP contribution in [0.15, 0.2) is 22.9 Å². The molecule has 0 aliphatic carbocycles. The summed E-state index contributed by atoms with van der Waals surface area (Å²) in [7, 11) is 1.62. The molecular formula is C11H19NO2S. The van der Waals surface area contributed by atoms with Gasteiger partial charge in [-0.25, -0.2) is 4.99 Å². The maximum Gasteiger partial charge on any atom is 0.138 e. The van der Waals surface area contributed by atoms with Crippen molar-refractivity contribution in [3.05, 3.63) is 17.9 Å². The molecule has 15 heavy (non-hydrogen) atoms. The first-order valence-electron chi connectivity index (χ1n) is 4.80. The highest BCUT2D eigenvalue weighted by Gasteiger charge is 2.13. The number of hydrogen-bond acceptors (Lipinski definition) is 4. The first-order chi connectivity index (χ1) is 7.21. The Bertz CT molecular complexity index is 257. The lowest BCUT2D eigenvalue weighted by atomic mass is 10.2. The van der Waals surface area contributed by atoms with Crippen LogP contribution in [0.3, 0.4) is 0 Å². The highest BCUT2D eigenvalue weighted by Crippen LogP contribution is 2.15. The van der Waals surface area contributed by atoms with Crippen molar-refractivity contribution in [2.24, 2.45) is 4.99 Å². The molecule has 0 aromatic heterocycles. The molecule has 4 heteroatoms. The van der Waals surface area contributed by atoms with E-state index in [1.54, 1.807) is 18.9 Å². The van der Waals surface area contributed by atoms with E-state index in [0.29, 0.717) is 13.3 Å². The van der Waals surface area contributed by atoms with Crippen molar-refractivity contribution in [3.8, 4) is 0 Å². The zero-order valence-corrected chi connectivity index (χ0v) is 10.7. The highest BCUT2D eigenvalue weighted by molar-refractivity contribution is 8.13. The van der Waals surface area contributed by atoms with Crippen LogP contribution in [0.4, 0.5) is 0 Å². The lowest BCUT2D eigenvalue weighted by Gasteiger charge is -2.14. The Labute approximate surface area is 96.3 Å². The van der Waals surface area contributed by atoms with Gasteiger partial charge in [0.05, 0.1) is 11.7 Å². The average Bonchev–Trinajstić information content (AvgIpc) is 2.24. The molecule has 0 aromatic carbocycles. The van der Waals surface area contributed by atoms with Crippen molar-refractivity contribution in [2.45, 2.75) is 20.0 Å². The summed E-state index contributed by atoms with van der Waals surface area (Å²) >= 11 is 1.55.